The van der Waals surface area contributed by atoms with Crippen LogP contribution in [-0.4, -0.2) is 0 Å². The molecule has 0 aromatic heterocycles. The fourth-order valence-corrected chi connectivity index (χ4v) is 5.87. The lowest BCUT2D eigenvalue weighted by atomic mass is 9.70. The van der Waals surface area contributed by atoms with Crippen LogP contribution in [0, 0.1) is 35.5 Å². The minimum Gasteiger partial charge on any atom is -0.0677 e. The molecule has 0 N–H and O–H groups in total. The highest BCUT2D eigenvalue weighted by atomic mass is 14.3. The first-order valence-corrected chi connectivity index (χ1v) is 14.7. The molecule has 0 atom stereocenters. The number of benzene rings is 6. The summed E-state index contributed by atoms with van der Waals surface area (Å²) in [5, 5.41) is 0. The Labute approximate surface area is 261 Å². The first-order valence-electron chi connectivity index (χ1n) is 14.7. The molecule has 0 aliphatic rings. The lowest BCUT2D eigenvalue weighted by Crippen LogP contribution is -2.27. The van der Waals surface area contributed by atoms with E-state index in [-0.39, 0.29) is 0 Å². The summed E-state index contributed by atoms with van der Waals surface area (Å²) in [6.45, 7) is 0. The summed E-state index contributed by atoms with van der Waals surface area (Å²) >= 11 is 0. The van der Waals surface area contributed by atoms with Crippen molar-refractivity contribution in [2.75, 3.05) is 0 Å². The van der Waals surface area contributed by atoms with Crippen molar-refractivity contribution in [1.82, 2.24) is 0 Å². The zero-order valence-electron chi connectivity index (χ0n) is 24.3. The Morgan fingerprint density at radius 2 is 0.409 bits per heavy atom. The summed E-state index contributed by atoms with van der Waals surface area (Å²) in [4.78, 5) is 0. The summed E-state index contributed by atoms with van der Waals surface area (Å²) < 4.78 is 0. The maximum absolute atomic E-state index is 3.58. The van der Waals surface area contributed by atoms with Crippen LogP contribution in [0.1, 0.15) is 33.4 Å². The van der Waals surface area contributed by atoms with Crippen LogP contribution in [0.4, 0.5) is 0 Å². The molecule has 0 radical (unpaired) electrons. The second-order valence-electron chi connectivity index (χ2n) is 10.4. The highest BCUT2D eigenvalue weighted by Crippen LogP contribution is 2.40. The van der Waals surface area contributed by atoms with Crippen LogP contribution in [0.5, 0.6) is 0 Å². The van der Waals surface area contributed by atoms with Gasteiger partial charge in [-0.05, 0) is 57.1 Å². The molecule has 0 unspecified atom stereocenters. The van der Waals surface area contributed by atoms with Crippen LogP contribution in [0.2, 0.25) is 0 Å². The minimum absolute atomic E-state index is 0.687. The van der Waals surface area contributed by atoms with Gasteiger partial charge in [-0.1, -0.05) is 194 Å². The van der Waals surface area contributed by atoms with Crippen molar-refractivity contribution in [2.24, 2.45) is 0 Å². The van der Waals surface area contributed by atoms with Gasteiger partial charge >= 0.3 is 0 Å². The topological polar surface area (TPSA) is 0 Å². The molecule has 206 valence electrons. The van der Waals surface area contributed by atoms with Crippen molar-refractivity contribution in [3.63, 3.8) is 0 Å². The normalized spacial score (nSPS) is 10.6. The van der Waals surface area contributed by atoms with Gasteiger partial charge in [0.15, 0.2) is 0 Å². The lowest BCUT2D eigenvalue weighted by Gasteiger charge is -2.30. The molecule has 6 aromatic carbocycles. The van der Waals surface area contributed by atoms with E-state index in [9.17, 15) is 0 Å². The van der Waals surface area contributed by atoms with Crippen molar-refractivity contribution in [3.05, 3.63) is 215 Å². The second kappa shape index (κ2) is 13.3. The van der Waals surface area contributed by atoms with E-state index < -0.39 is 10.8 Å². The summed E-state index contributed by atoms with van der Waals surface area (Å²) in [7, 11) is 0. The molecule has 0 aliphatic heterocycles. The summed E-state index contributed by atoms with van der Waals surface area (Å²) in [6, 6.07) is 62.5. The van der Waals surface area contributed by atoms with E-state index in [4.69, 9.17) is 0 Å². The van der Waals surface area contributed by atoms with Gasteiger partial charge in [0, 0.05) is 0 Å². The molecule has 0 amide bonds. The van der Waals surface area contributed by atoms with Gasteiger partial charge in [-0.2, -0.15) is 0 Å². The van der Waals surface area contributed by atoms with E-state index in [1.165, 1.54) is 0 Å². The quantitative estimate of drug-likeness (QED) is 0.141. The zero-order chi connectivity index (χ0) is 29.9. The number of hydrogen-bond acceptors (Lipinski definition) is 0. The largest absolute Gasteiger partial charge is 0.107 e. The molecule has 0 nitrogen and oxygen atoms in total. The van der Waals surface area contributed by atoms with Crippen LogP contribution in [0.25, 0.3) is 0 Å². The fraction of sp³-hybridized carbons (Fsp3) is 0.0455. The number of rotatable bonds is 6. The molecule has 0 saturated heterocycles. The van der Waals surface area contributed by atoms with Crippen LogP contribution in [0.15, 0.2) is 182 Å². The standard InChI is InChI=1S/C44H30/c1(21-35-43(37-23-9-3-10-24-37,38-25-11-4-12-26-38)39-27-13-5-14-28-39)2-22-36-44(40-29-15-6-16-30-40,41-31-17-7-18-32-41)42-33-19-8-20-34-42/h3-20,23-34H. The third-order valence-corrected chi connectivity index (χ3v) is 7.93. The van der Waals surface area contributed by atoms with Crippen LogP contribution >= 0.6 is 0 Å². The minimum atomic E-state index is -0.687. The SMILES string of the molecule is C(#CC#CC(c1ccccc1)(c1ccccc1)c1ccccc1)C#CC(c1ccccc1)(c1ccccc1)c1ccccc1. The van der Waals surface area contributed by atoms with Gasteiger partial charge < -0.3 is 0 Å². The van der Waals surface area contributed by atoms with Gasteiger partial charge in [0.1, 0.15) is 10.8 Å². The van der Waals surface area contributed by atoms with Gasteiger partial charge in [0.25, 0.3) is 0 Å². The molecular weight excluding hydrogens is 528 g/mol. The summed E-state index contributed by atoms with van der Waals surface area (Å²) in [5.41, 5.74) is 5.18. The Hall–Kier alpha value is -6.00. The maximum atomic E-state index is 3.58. The average molecular weight is 559 g/mol. The predicted molar refractivity (Wildman–Crippen MR) is 182 cm³/mol. The van der Waals surface area contributed by atoms with E-state index in [1.807, 2.05) is 36.4 Å². The lowest BCUT2D eigenvalue weighted by molar-refractivity contribution is 0.809. The van der Waals surface area contributed by atoms with Crippen molar-refractivity contribution >= 4 is 0 Å². The Kier molecular flexibility index (Phi) is 8.52. The molecule has 0 heterocycles. The van der Waals surface area contributed by atoms with E-state index in [0.717, 1.165) is 33.4 Å². The van der Waals surface area contributed by atoms with Gasteiger partial charge in [-0.25, -0.2) is 0 Å². The molecule has 0 bridgehead atoms. The van der Waals surface area contributed by atoms with E-state index in [0.29, 0.717) is 0 Å². The molecule has 0 saturated carbocycles. The Morgan fingerprint density at radius 1 is 0.227 bits per heavy atom. The molecule has 0 spiro atoms. The Morgan fingerprint density at radius 3 is 0.591 bits per heavy atom. The van der Waals surface area contributed by atoms with Crippen molar-refractivity contribution in [3.8, 4) is 35.5 Å². The average Bonchev–Trinajstić information content (AvgIpc) is 3.12. The maximum Gasteiger partial charge on any atom is 0.107 e. The fourth-order valence-electron chi connectivity index (χ4n) is 5.87. The van der Waals surface area contributed by atoms with Crippen LogP contribution in [-0.2, 0) is 10.8 Å². The monoisotopic (exact) mass is 558 g/mol. The Balaban J connectivity index is 1.50. The molecule has 6 rings (SSSR count). The molecule has 0 heteroatoms. The number of hydrogen-bond donors (Lipinski definition) is 0. The third-order valence-electron chi connectivity index (χ3n) is 7.93. The van der Waals surface area contributed by atoms with Gasteiger partial charge in [-0.15, -0.1) is 0 Å². The molecular formula is C44H30. The van der Waals surface area contributed by atoms with Gasteiger partial charge in [-0.3, -0.25) is 0 Å². The first kappa shape index (κ1) is 28.1. The molecule has 0 aliphatic carbocycles. The molecule has 0 fully saturated rings. The van der Waals surface area contributed by atoms with Crippen molar-refractivity contribution < 1.29 is 0 Å². The van der Waals surface area contributed by atoms with Crippen LogP contribution in [0.3, 0.4) is 0 Å². The summed E-state index contributed by atoms with van der Waals surface area (Å²) in [5.74, 6) is 19.8. The van der Waals surface area contributed by atoms with Crippen LogP contribution < -0.4 is 0 Å². The smallest absolute Gasteiger partial charge is 0.0677 e. The van der Waals surface area contributed by atoms with E-state index in [2.05, 4.69) is 181 Å². The van der Waals surface area contributed by atoms with Crippen molar-refractivity contribution in [2.45, 2.75) is 10.8 Å². The van der Waals surface area contributed by atoms with E-state index >= 15 is 0 Å². The molecule has 44 heavy (non-hydrogen) atoms. The van der Waals surface area contributed by atoms with E-state index in [1.54, 1.807) is 0 Å². The van der Waals surface area contributed by atoms with Gasteiger partial charge in [0.05, 0.1) is 0 Å². The van der Waals surface area contributed by atoms with Crippen molar-refractivity contribution in [1.29, 1.82) is 0 Å². The van der Waals surface area contributed by atoms with Gasteiger partial charge in [0.2, 0.25) is 0 Å². The highest BCUT2D eigenvalue weighted by Gasteiger charge is 2.35. The highest BCUT2D eigenvalue weighted by molar-refractivity contribution is 5.61. The second-order valence-corrected chi connectivity index (χ2v) is 10.4. The predicted octanol–water partition coefficient (Wildman–Crippen LogP) is 9.07. The summed E-state index contributed by atoms with van der Waals surface area (Å²) in [6.07, 6.45) is 0. The third kappa shape index (κ3) is 5.57. The zero-order valence-corrected chi connectivity index (χ0v) is 24.3. The first-order chi connectivity index (χ1) is 21.8. The Bertz CT molecular complexity index is 1630. The molecule has 6 aromatic rings.